The molecule has 6 nitrogen and oxygen atoms in total. The first-order chi connectivity index (χ1) is 8.75. The fourth-order valence-electron chi connectivity index (χ4n) is 1.77. The van der Waals surface area contributed by atoms with Gasteiger partial charge >= 0.3 is 5.97 Å². The van der Waals surface area contributed by atoms with E-state index < -0.39 is 10.9 Å². The Bertz CT molecular complexity index is 499. The lowest BCUT2D eigenvalue weighted by Crippen LogP contribution is -2.33. The summed E-state index contributed by atoms with van der Waals surface area (Å²) in [4.78, 5) is 23.2. The molecule has 1 atom stereocenters. The first-order valence-corrected chi connectivity index (χ1v) is 6.00. The molecular weight excluding hydrogens is 248 g/mol. The molecule has 1 aromatic rings. The molecule has 0 fully saturated rings. The molecule has 0 radical (unpaired) electrons. The highest BCUT2D eigenvalue weighted by Crippen LogP contribution is 2.30. The van der Waals surface area contributed by atoms with Crippen molar-refractivity contribution in [1.82, 2.24) is 0 Å². The zero-order valence-electron chi connectivity index (χ0n) is 11.5. The van der Waals surface area contributed by atoms with E-state index in [4.69, 9.17) is 5.11 Å². The van der Waals surface area contributed by atoms with Crippen molar-refractivity contribution >= 4 is 17.3 Å². The van der Waals surface area contributed by atoms with Crippen LogP contribution in [0.2, 0.25) is 0 Å². The highest BCUT2D eigenvalue weighted by Gasteiger charge is 2.23. The van der Waals surface area contributed by atoms with E-state index in [1.54, 1.807) is 11.9 Å². The van der Waals surface area contributed by atoms with E-state index in [1.165, 1.54) is 12.1 Å². The topological polar surface area (TPSA) is 83.7 Å². The molecule has 0 bridgehead atoms. The lowest BCUT2D eigenvalue weighted by Gasteiger charge is -2.29. The van der Waals surface area contributed by atoms with Crippen LogP contribution in [0.4, 0.5) is 11.4 Å². The van der Waals surface area contributed by atoms with Crippen molar-refractivity contribution in [3.63, 3.8) is 0 Å². The molecule has 0 amide bonds. The van der Waals surface area contributed by atoms with Gasteiger partial charge in [0.15, 0.2) is 0 Å². The van der Waals surface area contributed by atoms with Crippen LogP contribution in [0, 0.1) is 16.0 Å². The molecule has 0 spiro atoms. The minimum absolute atomic E-state index is 0.0824. The summed E-state index contributed by atoms with van der Waals surface area (Å²) in [6.07, 6.45) is 0. The third-order valence-electron chi connectivity index (χ3n) is 3.37. The molecule has 19 heavy (non-hydrogen) atoms. The van der Waals surface area contributed by atoms with Crippen molar-refractivity contribution < 1.29 is 14.8 Å². The fraction of sp³-hybridized carbons (Fsp3) is 0.462. The zero-order chi connectivity index (χ0) is 14.7. The molecule has 0 aliphatic rings. The van der Waals surface area contributed by atoms with Crippen molar-refractivity contribution in [2.75, 3.05) is 11.9 Å². The van der Waals surface area contributed by atoms with E-state index in [0.717, 1.165) is 6.07 Å². The number of carboxylic acids is 1. The lowest BCUT2D eigenvalue weighted by atomic mass is 10.0. The maximum absolute atomic E-state index is 11.1. The SMILES string of the molecule is CC(C)C(C)N(C)c1ccc(C(=O)O)cc1[N+](=O)[O-]. The molecule has 0 aliphatic heterocycles. The zero-order valence-corrected chi connectivity index (χ0v) is 11.5. The second kappa shape index (κ2) is 5.69. The van der Waals surface area contributed by atoms with E-state index in [1.807, 2.05) is 20.8 Å². The smallest absolute Gasteiger partial charge is 0.335 e. The number of rotatable bonds is 5. The molecular formula is C13H18N2O4. The third kappa shape index (κ3) is 3.21. The Morgan fingerprint density at radius 3 is 2.37 bits per heavy atom. The summed E-state index contributed by atoms with van der Waals surface area (Å²) in [6, 6.07) is 4.07. The molecule has 1 aromatic carbocycles. The number of benzene rings is 1. The van der Waals surface area contributed by atoms with Gasteiger partial charge in [-0.2, -0.15) is 0 Å². The van der Waals surface area contributed by atoms with Crippen molar-refractivity contribution in [1.29, 1.82) is 0 Å². The molecule has 0 saturated carbocycles. The van der Waals surface area contributed by atoms with E-state index in [-0.39, 0.29) is 17.3 Å². The monoisotopic (exact) mass is 266 g/mol. The van der Waals surface area contributed by atoms with Gasteiger partial charge in [-0.05, 0) is 25.0 Å². The van der Waals surface area contributed by atoms with Gasteiger partial charge < -0.3 is 10.0 Å². The van der Waals surface area contributed by atoms with Crippen LogP contribution in [-0.4, -0.2) is 29.1 Å². The Hall–Kier alpha value is -2.11. The Labute approximate surface area is 111 Å². The van der Waals surface area contributed by atoms with Crippen LogP contribution in [0.1, 0.15) is 31.1 Å². The standard InChI is InChI=1S/C13H18N2O4/c1-8(2)9(3)14(4)11-6-5-10(13(16)17)7-12(11)15(18)19/h5-9H,1-4H3,(H,16,17). The largest absolute Gasteiger partial charge is 0.478 e. The average molecular weight is 266 g/mol. The highest BCUT2D eigenvalue weighted by atomic mass is 16.6. The Morgan fingerprint density at radius 2 is 1.95 bits per heavy atom. The predicted molar refractivity (Wildman–Crippen MR) is 72.8 cm³/mol. The Kier molecular flexibility index (Phi) is 4.47. The van der Waals surface area contributed by atoms with Crippen molar-refractivity contribution in [3.8, 4) is 0 Å². The van der Waals surface area contributed by atoms with Crippen LogP contribution >= 0.6 is 0 Å². The molecule has 0 aromatic heterocycles. The number of nitro benzene ring substituents is 1. The number of carboxylic acid groups (broad SMARTS) is 1. The molecule has 1 unspecified atom stereocenters. The third-order valence-corrected chi connectivity index (χ3v) is 3.37. The van der Waals surface area contributed by atoms with Gasteiger partial charge in [0.1, 0.15) is 5.69 Å². The minimum Gasteiger partial charge on any atom is -0.478 e. The van der Waals surface area contributed by atoms with Crippen LogP contribution in [0.15, 0.2) is 18.2 Å². The lowest BCUT2D eigenvalue weighted by molar-refractivity contribution is -0.384. The summed E-state index contributed by atoms with van der Waals surface area (Å²) in [5.74, 6) is -0.849. The van der Waals surface area contributed by atoms with Gasteiger partial charge in [-0.3, -0.25) is 10.1 Å². The van der Waals surface area contributed by atoms with Gasteiger partial charge in [0.25, 0.3) is 5.69 Å². The number of hydrogen-bond acceptors (Lipinski definition) is 4. The molecule has 1 N–H and O–H groups in total. The van der Waals surface area contributed by atoms with Crippen molar-refractivity contribution in [2.45, 2.75) is 26.8 Å². The number of aromatic carboxylic acids is 1. The molecule has 0 saturated heterocycles. The predicted octanol–water partition coefficient (Wildman–Crippen LogP) is 2.77. The summed E-state index contributed by atoms with van der Waals surface area (Å²) in [7, 11) is 1.77. The Morgan fingerprint density at radius 1 is 1.37 bits per heavy atom. The molecule has 0 heterocycles. The summed E-state index contributed by atoms with van der Waals surface area (Å²) >= 11 is 0. The molecule has 6 heteroatoms. The number of nitrogens with zero attached hydrogens (tertiary/aromatic N) is 2. The summed E-state index contributed by atoms with van der Waals surface area (Å²) < 4.78 is 0. The fourth-order valence-corrected chi connectivity index (χ4v) is 1.77. The normalized spacial score (nSPS) is 12.3. The second-order valence-corrected chi connectivity index (χ2v) is 4.86. The van der Waals surface area contributed by atoms with E-state index in [2.05, 4.69) is 0 Å². The summed E-state index contributed by atoms with van der Waals surface area (Å²) in [5, 5.41) is 20.0. The number of nitro groups is 1. The van der Waals surface area contributed by atoms with Gasteiger partial charge in [0, 0.05) is 19.2 Å². The molecule has 1 rings (SSSR count). The van der Waals surface area contributed by atoms with Gasteiger partial charge in [-0.25, -0.2) is 4.79 Å². The average Bonchev–Trinajstić information content (AvgIpc) is 2.35. The number of anilines is 1. The second-order valence-electron chi connectivity index (χ2n) is 4.86. The first kappa shape index (κ1) is 14.9. The van der Waals surface area contributed by atoms with Crippen LogP contribution in [0.3, 0.4) is 0 Å². The maximum atomic E-state index is 11.1. The van der Waals surface area contributed by atoms with Crippen LogP contribution in [0.25, 0.3) is 0 Å². The van der Waals surface area contributed by atoms with Gasteiger partial charge in [0.2, 0.25) is 0 Å². The highest BCUT2D eigenvalue weighted by molar-refractivity contribution is 5.89. The van der Waals surface area contributed by atoms with Gasteiger partial charge in [0.05, 0.1) is 10.5 Å². The first-order valence-electron chi connectivity index (χ1n) is 6.00. The summed E-state index contributed by atoms with van der Waals surface area (Å²) in [6.45, 7) is 6.02. The molecule has 0 aliphatic carbocycles. The minimum atomic E-state index is -1.17. The van der Waals surface area contributed by atoms with E-state index >= 15 is 0 Å². The van der Waals surface area contributed by atoms with Crippen LogP contribution in [0.5, 0.6) is 0 Å². The number of hydrogen-bond donors (Lipinski definition) is 1. The van der Waals surface area contributed by atoms with E-state index in [0.29, 0.717) is 11.6 Å². The van der Waals surface area contributed by atoms with Crippen LogP contribution in [-0.2, 0) is 0 Å². The molecule has 104 valence electrons. The maximum Gasteiger partial charge on any atom is 0.335 e. The van der Waals surface area contributed by atoms with Crippen molar-refractivity contribution in [3.05, 3.63) is 33.9 Å². The van der Waals surface area contributed by atoms with Crippen LogP contribution < -0.4 is 4.90 Å². The summed E-state index contributed by atoms with van der Waals surface area (Å²) in [5.41, 5.74) is 0.159. The van der Waals surface area contributed by atoms with Crippen molar-refractivity contribution in [2.24, 2.45) is 5.92 Å². The quantitative estimate of drug-likeness (QED) is 0.654. The Balaban J connectivity index is 3.27. The van der Waals surface area contributed by atoms with Gasteiger partial charge in [-0.1, -0.05) is 13.8 Å². The van der Waals surface area contributed by atoms with Gasteiger partial charge in [-0.15, -0.1) is 0 Å². The van der Waals surface area contributed by atoms with E-state index in [9.17, 15) is 14.9 Å². The number of carbonyl (C=O) groups is 1.